The summed E-state index contributed by atoms with van der Waals surface area (Å²) in [6.07, 6.45) is 0. The van der Waals surface area contributed by atoms with Crippen molar-refractivity contribution in [3.63, 3.8) is 0 Å². The van der Waals surface area contributed by atoms with Crippen LogP contribution in [0.15, 0.2) is 0 Å². The number of imide groups is 2. The minimum atomic E-state index is -0.953. The Labute approximate surface area is 105 Å². The van der Waals surface area contributed by atoms with E-state index in [2.05, 4.69) is 5.32 Å². The van der Waals surface area contributed by atoms with Gasteiger partial charge in [-0.1, -0.05) is 0 Å². The van der Waals surface area contributed by atoms with Gasteiger partial charge in [0.2, 0.25) is 5.91 Å². The van der Waals surface area contributed by atoms with E-state index in [1.807, 2.05) is 0 Å². The molecule has 1 saturated heterocycles. The number of amides is 5. The summed E-state index contributed by atoms with van der Waals surface area (Å²) in [5, 5.41) is 2.62. The predicted octanol–water partition coefficient (Wildman–Crippen LogP) is -0.288. The molecule has 0 radical (unpaired) electrons. The topological polar surface area (TPSA) is 86.8 Å². The Balaban J connectivity index is 2.74. The Kier molecular flexibility index (Phi) is 3.73. The minimum Gasteiger partial charge on any atom is -0.350 e. The van der Waals surface area contributed by atoms with Gasteiger partial charge in [0.1, 0.15) is 6.54 Å². The first kappa shape index (κ1) is 14.1. The highest BCUT2D eigenvalue weighted by atomic mass is 16.2. The van der Waals surface area contributed by atoms with Crippen LogP contribution < -0.4 is 5.32 Å². The van der Waals surface area contributed by atoms with Gasteiger partial charge in [-0.15, -0.1) is 0 Å². The normalized spacial score (nSPS) is 16.6. The van der Waals surface area contributed by atoms with Crippen LogP contribution in [0.3, 0.4) is 0 Å². The first-order chi connectivity index (χ1) is 8.17. The standard InChI is InChI=1S/C11H17N3O4/c1-5-13-8(16)9(17)14(10(13)18)6-7(15)12-11(2,3)4/h5-6H2,1-4H3,(H,12,15). The quantitative estimate of drug-likeness (QED) is 0.554. The largest absolute Gasteiger partial charge is 0.350 e. The average molecular weight is 255 g/mol. The van der Waals surface area contributed by atoms with Crippen LogP contribution in [0.1, 0.15) is 27.7 Å². The van der Waals surface area contributed by atoms with Gasteiger partial charge in [-0.2, -0.15) is 0 Å². The lowest BCUT2D eigenvalue weighted by molar-refractivity contribution is -0.144. The summed E-state index contributed by atoms with van der Waals surface area (Å²) in [5.41, 5.74) is -0.461. The molecule has 0 bridgehead atoms. The lowest BCUT2D eigenvalue weighted by atomic mass is 10.1. The van der Waals surface area contributed by atoms with Gasteiger partial charge in [-0.3, -0.25) is 19.3 Å². The number of urea groups is 1. The van der Waals surface area contributed by atoms with Crippen LogP contribution in [0.25, 0.3) is 0 Å². The van der Waals surface area contributed by atoms with Crippen molar-refractivity contribution in [3.8, 4) is 0 Å². The highest BCUT2D eigenvalue weighted by molar-refractivity contribution is 6.45. The van der Waals surface area contributed by atoms with E-state index in [1.165, 1.54) is 0 Å². The van der Waals surface area contributed by atoms with Crippen molar-refractivity contribution >= 4 is 23.8 Å². The fourth-order valence-electron chi connectivity index (χ4n) is 1.57. The fraction of sp³-hybridized carbons (Fsp3) is 0.636. The second-order valence-electron chi connectivity index (χ2n) is 5.02. The van der Waals surface area contributed by atoms with Gasteiger partial charge in [-0.05, 0) is 27.7 Å². The van der Waals surface area contributed by atoms with Crippen molar-refractivity contribution in [1.82, 2.24) is 15.1 Å². The van der Waals surface area contributed by atoms with Gasteiger partial charge < -0.3 is 5.32 Å². The molecule has 1 aliphatic heterocycles. The number of carbonyl (C=O) groups is 4. The van der Waals surface area contributed by atoms with E-state index in [0.717, 1.165) is 4.90 Å². The molecule has 1 rings (SSSR count). The minimum absolute atomic E-state index is 0.112. The van der Waals surface area contributed by atoms with Crippen LogP contribution in [-0.2, 0) is 14.4 Å². The Morgan fingerprint density at radius 1 is 1.11 bits per heavy atom. The SMILES string of the molecule is CCN1C(=O)C(=O)N(CC(=O)NC(C)(C)C)C1=O. The van der Waals surface area contributed by atoms with Crippen molar-refractivity contribution in [2.24, 2.45) is 0 Å². The molecule has 1 aliphatic rings. The van der Waals surface area contributed by atoms with Crippen molar-refractivity contribution in [2.75, 3.05) is 13.1 Å². The van der Waals surface area contributed by atoms with E-state index < -0.39 is 35.8 Å². The summed E-state index contributed by atoms with van der Waals surface area (Å²) in [6.45, 7) is 6.60. The van der Waals surface area contributed by atoms with Crippen molar-refractivity contribution in [1.29, 1.82) is 0 Å². The molecule has 7 nitrogen and oxygen atoms in total. The van der Waals surface area contributed by atoms with Crippen molar-refractivity contribution in [2.45, 2.75) is 33.2 Å². The van der Waals surface area contributed by atoms with Gasteiger partial charge in [-0.25, -0.2) is 9.69 Å². The smallest absolute Gasteiger partial charge is 0.334 e. The van der Waals surface area contributed by atoms with E-state index in [4.69, 9.17) is 0 Å². The van der Waals surface area contributed by atoms with Crippen molar-refractivity contribution < 1.29 is 19.2 Å². The third-order valence-electron chi connectivity index (χ3n) is 2.27. The monoisotopic (exact) mass is 255 g/mol. The van der Waals surface area contributed by atoms with E-state index in [-0.39, 0.29) is 6.54 Å². The molecule has 1 fully saturated rings. The number of nitrogens with one attached hydrogen (secondary N) is 1. The number of carbonyl (C=O) groups excluding carboxylic acids is 4. The third-order valence-corrected chi connectivity index (χ3v) is 2.27. The van der Waals surface area contributed by atoms with Gasteiger partial charge in [0.25, 0.3) is 0 Å². The van der Waals surface area contributed by atoms with Gasteiger partial charge in [0.15, 0.2) is 0 Å². The Morgan fingerprint density at radius 3 is 2.00 bits per heavy atom. The molecule has 0 aromatic heterocycles. The molecular weight excluding hydrogens is 238 g/mol. The van der Waals surface area contributed by atoms with Crippen LogP contribution in [0.2, 0.25) is 0 Å². The molecular formula is C11H17N3O4. The molecule has 0 saturated carbocycles. The lowest BCUT2D eigenvalue weighted by Gasteiger charge is -2.22. The highest BCUT2D eigenvalue weighted by Crippen LogP contribution is 2.11. The summed E-state index contributed by atoms with van der Waals surface area (Å²) in [5.74, 6) is -2.31. The highest BCUT2D eigenvalue weighted by Gasteiger charge is 2.44. The first-order valence-corrected chi connectivity index (χ1v) is 5.65. The van der Waals surface area contributed by atoms with Crippen LogP contribution in [-0.4, -0.2) is 52.2 Å². The maximum atomic E-state index is 11.7. The average Bonchev–Trinajstić information content (AvgIpc) is 2.40. The summed E-state index contributed by atoms with van der Waals surface area (Å²) >= 11 is 0. The molecule has 0 spiro atoms. The number of nitrogens with zero attached hydrogens (tertiary/aromatic N) is 2. The molecule has 0 aliphatic carbocycles. The summed E-state index contributed by atoms with van der Waals surface area (Å²) in [7, 11) is 0. The Morgan fingerprint density at radius 2 is 1.61 bits per heavy atom. The summed E-state index contributed by atoms with van der Waals surface area (Å²) in [4.78, 5) is 47.7. The van der Waals surface area contributed by atoms with Crippen LogP contribution in [0.4, 0.5) is 4.79 Å². The number of hydrogen-bond acceptors (Lipinski definition) is 4. The van der Waals surface area contributed by atoms with Crippen LogP contribution in [0.5, 0.6) is 0 Å². The Hall–Kier alpha value is -1.92. The zero-order chi connectivity index (χ0) is 14.1. The van der Waals surface area contributed by atoms with Crippen molar-refractivity contribution in [3.05, 3.63) is 0 Å². The van der Waals surface area contributed by atoms with E-state index in [0.29, 0.717) is 4.90 Å². The number of likely N-dealkylation sites (N-methyl/N-ethyl adjacent to an activating group) is 1. The van der Waals surface area contributed by atoms with E-state index in [9.17, 15) is 19.2 Å². The molecule has 0 aromatic carbocycles. The van der Waals surface area contributed by atoms with Gasteiger partial charge in [0, 0.05) is 12.1 Å². The molecule has 1 heterocycles. The maximum Gasteiger partial charge on any atom is 0.334 e. The zero-order valence-electron chi connectivity index (χ0n) is 10.9. The number of rotatable bonds is 3. The molecule has 5 amide bonds. The molecule has 100 valence electrons. The van der Waals surface area contributed by atoms with E-state index >= 15 is 0 Å². The second-order valence-corrected chi connectivity index (χ2v) is 5.02. The van der Waals surface area contributed by atoms with Crippen LogP contribution in [0, 0.1) is 0 Å². The molecule has 0 aromatic rings. The second kappa shape index (κ2) is 4.75. The van der Waals surface area contributed by atoms with Crippen LogP contribution >= 0.6 is 0 Å². The molecule has 0 unspecified atom stereocenters. The van der Waals surface area contributed by atoms with Gasteiger partial charge in [0.05, 0.1) is 0 Å². The molecule has 18 heavy (non-hydrogen) atoms. The lowest BCUT2D eigenvalue weighted by Crippen LogP contribution is -2.47. The summed E-state index contributed by atoms with van der Waals surface area (Å²) in [6, 6.07) is -0.739. The third kappa shape index (κ3) is 2.85. The zero-order valence-corrected chi connectivity index (χ0v) is 10.9. The van der Waals surface area contributed by atoms with E-state index in [1.54, 1.807) is 27.7 Å². The fourth-order valence-corrected chi connectivity index (χ4v) is 1.57. The molecule has 1 N–H and O–H groups in total. The number of hydrogen-bond donors (Lipinski definition) is 1. The maximum absolute atomic E-state index is 11.7. The Bertz CT molecular complexity index is 411. The summed E-state index contributed by atoms with van der Waals surface area (Å²) < 4.78 is 0. The predicted molar refractivity (Wildman–Crippen MR) is 62.4 cm³/mol. The van der Waals surface area contributed by atoms with Gasteiger partial charge >= 0.3 is 17.8 Å². The molecule has 7 heteroatoms. The first-order valence-electron chi connectivity index (χ1n) is 5.65. The molecule has 0 atom stereocenters.